The molecule has 0 bridgehead atoms. The first kappa shape index (κ1) is 14.9. The maximum Gasteiger partial charge on any atom is 0.0440 e. The van der Waals surface area contributed by atoms with Crippen LogP contribution in [0.25, 0.3) is 0 Å². The second-order valence-electron chi connectivity index (χ2n) is 5.49. The molecule has 0 unspecified atom stereocenters. The van der Waals surface area contributed by atoms with E-state index in [1.807, 2.05) is 17.4 Å². The largest absolute Gasteiger partial charge is 0.367 e. The van der Waals surface area contributed by atoms with Crippen molar-refractivity contribution in [2.75, 3.05) is 18.0 Å². The number of benzene rings is 1. The van der Waals surface area contributed by atoms with Crippen molar-refractivity contribution >= 4 is 28.6 Å². The summed E-state index contributed by atoms with van der Waals surface area (Å²) in [5.41, 5.74) is 4.10. The molecule has 0 atom stereocenters. The predicted molar refractivity (Wildman–Crippen MR) is 92.5 cm³/mol. The maximum absolute atomic E-state index is 6.19. The van der Waals surface area contributed by atoms with Crippen molar-refractivity contribution in [3.8, 4) is 0 Å². The van der Waals surface area contributed by atoms with E-state index in [-0.39, 0.29) is 0 Å². The van der Waals surface area contributed by atoms with Crippen molar-refractivity contribution in [2.24, 2.45) is 0 Å². The van der Waals surface area contributed by atoms with E-state index >= 15 is 0 Å². The van der Waals surface area contributed by atoms with E-state index < -0.39 is 0 Å². The number of anilines is 1. The highest BCUT2D eigenvalue weighted by Crippen LogP contribution is 2.31. The van der Waals surface area contributed by atoms with Gasteiger partial charge in [0.1, 0.15) is 0 Å². The number of thiophene rings is 1. The van der Waals surface area contributed by atoms with Gasteiger partial charge < -0.3 is 10.2 Å². The summed E-state index contributed by atoms with van der Waals surface area (Å²) < 4.78 is 0. The van der Waals surface area contributed by atoms with Crippen molar-refractivity contribution in [3.05, 3.63) is 50.7 Å². The Morgan fingerprint density at radius 2 is 2.24 bits per heavy atom. The molecule has 4 heteroatoms. The van der Waals surface area contributed by atoms with Crippen LogP contribution in [0.3, 0.4) is 0 Å². The van der Waals surface area contributed by atoms with Gasteiger partial charge in [0.25, 0.3) is 0 Å². The summed E-state index contributed by atoms with van der Waals surface area (Å²) in [5, 5.41) is 6.52. The first-order valence-corrected chi connectivity index (χ1v) is 8.83. The molecule has 0 amide bonds. The Labute approximate surface area is 135 Å². The smallest absolute Gasteiger partial charge is 0.0440 e. The van der Waals surface area contributed by atoms with E-state index in [2.05, 4.69) is 40.7 Å². The summed E-state index contributed by atoms with van der Waals surface area (Å²) in [7, 11) is 0. The molecule has 1 aromatic heterocycles. The molecule has 112 valence electrons. The van der Waals surface area contributed by atoms with E-state index in [9.17, 15) is 0 Å². The molecule has 1 aliphatic heterocycles. The minimum Gasteiger partial charge on any atom is -0.367 e. The summed E-state index contributed by atoms with van der Waals surface area (Å²) >= 11 is 8.07. The molecule has 1 aromatic carbocycles. The van der Waals surface area contributed by atoms with Crippen LogP contribution >= 0.6 is 22.9 Å². The van der Waals surface area contributed by atoms with Crippen LogP contribution in [-0.2, 0) is 19.5 Å². The van der Waals surface area contributed by atoms with Gasteiger partial charge in [-0.05, 0) is 60.2 Å². The molecule has 0 saturated heterocycles. The second kappa shape index (κ2) is 6.82. The monoisotopic (exact) mass is 320 g/mol. The topological polar surface area (TPSA) is 15.3 Å². The average Bonchev–Trinajstić information content (AvgIpc) is 2.95. The molecule has 21 heavy (non-hydrogen) atoms. The zero-order valence-corrected chi connectivity index (χ0v) is 13.9. The van der Waals surface area contributed by atoms with Gasteiger partial charge in [0.05, 0.1) is 0 Å². The minimum atomic E-state index is 0.820. The fraction of sp³-hybridized carbons (Fsp3) is 0.412. The third-order valence-corrected chi connectivity index (χ3v) is 5.19. The summed E-state index contributed by atoms with van der Waals surface area (Å²) in [6.45, 7) is 6.23. The molecule has 3 rings (SSSR count). The highest BCUT2D eigenvalue weighted by molar-refractivity contribution is 7.10. The average molecular weight is 321 g/mol. The Morgan fingerprint density at radius 1 is 1.33 bits per heavy atom. The standard InChI is InChI=1S/C17H21ClN2S/c1-2-7-19-11-14-10-15(18)3-4-16(14)20-8-5-17-13(12-20)6-9-21-17/h3-4,6,9-10,19H,2,5,7-8,11-12H2,1H3. The second-order valence-corrected chi connectivity index (χ2v) is 6.93. The zero-order chi connectivity index (χ0) is 14.7. The summed E-state index contributed by atoms with van der Waals surface area (Å²) in [6, 6.07) is 8.53. The number of rotatable bonds is 5. The lowest BCUT2D eigenvalue weighted by Crippen LogP contribution is -2.30. The molecule has 2 heterocycles. The van der Waals surface area contributed by atoms with Gasteiger partial charge in [0, 0.05) is 35.2 Å². The van der Waals surface area contributed by atoms with Crippen molar-refractivity contribution in [1.82, 2.24) is 5.32 Å². The predicted octanol–water partition coefficient (Wildman–Crippen LogP) is 4.46. The number of hydrogen-bond acceptors (Lipinski definition) is 3. The molecule has 2 nitrogen and oxygen atoms in total. The van der Waals surface area contributed by atoms with Crippen LogP contribution in [0, 0.1) is 0 Å². The van der Waals surface area contributed by atoms with Crippen LogP contribution in [0.4, 0.5) is 5.69 Å². The Bertz CT molecular complexity index is 609. The Kier molecular flexibility index (Phi) is 4.84. The van der Waals surface area contributed by atoms with Crippen molar-refractivity contribution < 1.29 is 0 Å². The lowest BCUT2D eigenvalue weighted by Gasteiger charge is -2.31. The van der Waals surface area contributed by atoms with Gasteiger partial charge >= 0.3 is 0 Å². The third kappa shape index (κ3) is 3.42. The molecule has 0 spiro atoms. The number of nitrogens with one attached hydrogen (secondary N) is 1. The molecule has 0 radical (unpaired) electrons. The Morgan fingerprint density at radius 3 is 3.10 bits per heavy atom. The van der Waals surface area contributed by atoms with Gasteiger partial charge in [-0.25, -0.2) is 0 Å². The number of nitrogens with zero attached hydrogens (tertiary/aromatic N) is 1. The third-order valence-electron chi connectivity index (χ3n) is 3.93. The molecule has 1 N–H and O–H groups in total. The molecule has 2 aromatic rings. The van der Waals surface area contributed by atoms with E-state index in [4.69, 9.17) is 11.6 Å². The Balaban J connectivity index is 1.81. The van der Waals surface area contributed by atoms with E-state index in [0.717, 1.165) is 44.0 Å². The lowest BCUT2D eigenvalue weighted by molar-refractivity contribution is 0.668. The first-order chi connectivity index (χ1) is 10.3. The summed E-state index contributed by atoms with van der Waals surface area (Å²) in [4.78, 5) is 4.03. The van der Waals surface area contributed by atoms with Gasteiger partial charge in [0.15, 0.2) is 0 Å². The van der Waals surface area contributed by atoms with Gasteiger partial charge in [-0.1, -0.05) is 18.5 Å². The first-order valence-electron chi connectivity index (χ1n) is 7.57. The number of fused-ring (bicyclic) bond motifs is 1. The molecular weight excluding hydrogens is 300 g/mol. The van der Waals surface area contributed by atoms with Crippen molar-refractivity contribution in [1.29, 1.82) is 0 Å². The number of halogens is 1. The summed E-state index contributed by atoms with van der Waals surface area (Å²) in [5.74, 6) is 0. The van der Waals surface area contributed by atoms with Crippen molar-refractivity contribution in [3.63, 3.8) is 0 Å². The number of hydrogen-bond donors (Lipinski definition) is 1. The SMILES string of the molecule is CCCNCc1cc(Cl)ccc1N1CCc2sccc2C1. The van der Waals surface area contributed by atoms with Crippen LogP contribution in [0.15, 0.2) is 29.6 Å². The molecule has 0 saturated carbocycles. The van der Waals surface area contributed by atoms with Crippen LogP contribution in [0.1, 0.15) is 29.3 Å². The Hall–Kier alpha value is -1.03. The van der Waals surface area contributed by atoms with E-state index in [1.165, 1.54) is 16.8 Å². The maximum atomic E-state index is 6.19. The fourth-order valence-corrected chi connectivity index (χ4v) is 3.94. The van der Waals surface area contributed by atoms with Crippen LogP contribution in [0.5, 0.6) is 0 Å². The van der Waals surface area contributed by atoms with Crippen molar-refractivity contribution in [2.45, 2.75) is 32.9 Å². The fourth-order valence-electron chi connectivity index (χ4n) is 2.86. The zero-order valence-electron chi connectivity index (χ0n) is 12.4. The van der Waals surface area contributed by atoms with Gasteiger partial charge in [0.2, 0.25) is 0 Å². The van der Waals surface area contributed by atoms with Gasteiger partial charge in [-0.3, -0.25) is 0 Å². The van der Waals surface area contributed by atoms with E-state index in [1.54, 1.807) is 4.88 Å². The van der Waals surface area contributed by atoms with Gasteiger partial charge in [-0.15, -0.1) is 11.3 Å². The minimum absolute atomic E-state index is 0.820. The van der Waals surface area contributed by atoms with Gasteiger partial charge in [-0.2, -0.15) is 0 Å². The normalized spacial score (nSPS) is 14.3. The summed E-state index contributed by atoms with van der Waals surface area (Å²) in [6.07, 6.45) is 2.30. The highest BCUT2D eigenvalue weighted by Gasteiger charge is 2.19. The molecular formula is C17H21ClN2S. The molecule has 1 aliphatic rings. The van der Waals surface area contributed by atoms with E-state index in [0.29, 0.717) is 0 Å². The van der Waals surface area contributed by atoms with Crippen LogP contribution < -0.4 is 10.2 Å². The highest BCUT2D eigenvalue weighted by atomic mass is 35.5. The molecule has 0 aliphatic carbocycles. The van der Waals surface area contributed by atoms with Crippen LogP contribution in [0.2, 0.25) is 5.02 Å². The van der Waals surface area contributed by atoms with Crippen LogP contribution in [-0.4, -0.2) is 13.1 Å². The lowest BCUT2D eigenvalue weighted by atomic mass is 10.1. The quantitative estimate of drug-likeness (QED) is 0.818. The molecule has 0 fully saturated rings.